The number of nitrogens with one attached hydrogen (secondary N) is 2. The Balaban J connectivity index is 1.59. The predicted molar refractivity (Wildman–Crippen MR) is 120 cm³/mol. The van der Waals surface area contributed by atoms with Crippen LogP contribution in [0, 0.1) is 11.7 Å². The van der Waals surface area contributed by atoms with Crippen LogP contribution in [0.15, 0.2) is 24.4 Å². The Morgan fingerprint density at radius 2 is 2.12 bits per heavy atom. The molecule has 0 spiro atoms. The van der Waals surface area contributed by atoms with Gasteiger partial charge in [0.15, 0.2) is 10.9 Å². The van der Waals surface area contributed by atoms with E-state index in [-0.39, 0.29) is 28.9 Å². The minimum absolute atomic E-state index is 0.0221. The van der Waals surface area contributed by atoms with Crippen molar-refractivity contribution in [3.05, 3.63) is 35.2 Å². The lowest BCUT2D eigenvalue weighted by Crippen LogP contribution is -2.24. The zero-order chi connectivity index (χ0) is 22.7. The Kier molecular flexibility index (Phi) is 4.86. The van der Waals surface area contributed by atoms with E-state index in [2.05, 4.69) is 20.5 Å². The Bertz CT molecular complexity index is 1420. The van der Waals surface area contributed by atoms with E-state index in [1.807, 2.05) is 0 Å². The summed E-state index contributed by atoms with van der Waals surface area (Å²) in [6, 6.07) is 5.27. The number of alkyl halides is 1. The maximum absolute atomic E-state index is 15.3. The molecule has 0 bridgehead atoms. The number of aromatic nitrogens is 3. The molecule has 0 aliphatic heterocycles. The van der Waals surface area contributed by atoms with E-state index in [1.165, 1.54) is 36.4 Å². The minimum Gasteiger partial charge on any atom is -0.311 e. The van der Waals surface area contributed by atoms with Gasteiger partial charge in [0.25, 0.3) is 0 Å². The lowest BCUT2D eigenvalue weighted by atomic mass is 10.00. The standard InChI is InChI=1S/C21H16ClF2N5O2S/c1-8(30)29(2)19-17(24)16(22)15(11-7-25-28-18(11)19)9-3-4-13-14(5-9)32-21(26-13)27-20(31)10-6-12(10)23/h3-5,7,10,12H,6H2,1-2H3,(H,25,28)(H,26,27,31)/t10-,12+/m1/s1. The third-order valence-electron chi connectivity index (χ3n) is 5.53. The first-order valence-corrected chi connectivity index (χ1v) is 10.9. The van der Waals surface area contributed by atoms with E-state index in [1.54, 1.807) is 18.2 Å². The van der Waals surface area contributed by atoms with E-state index in [0.29, 0.717) is 32.7 Å². The molecule has 2 heterocycles. The number of hydrogen-bond acceptors (Lipinski definition) is 5. The van der Waals surface area contributed by atoms with Gasteiger partial charge in [-0.05, 0) is 24.1 Å². The largest absolute Gasteiger partial charge is 0.311 e. The van der Waals surface area contributed by atoms with Gasteiger partial charge >= 0.3 is 0 Å². The molecule has 1 fully saturated rings. The molecule has 2 aromatic carbocycles. The molecular weight excluding hydrogens is 460 g/mol. The molecule has 2 aromatic heterocycles. The molecule has 1 aliphatic carbocycles. The van der Waals surface area contributed by atoms with Gasteiger partial charge in [0.05, 0.1) is 32.9 Å². The number of thiazole rings is 1. The molecular formula is C21H16ClF2N5O2S. The quantitative estimate of drug-likeness (QED) is 0.438. The SMILES string of the molecule is CC(=O)N(C)c1c(F)c(Cl)c(-c2ccc3nc(NC(=O)[C@@H]4C[C@@H]4F)sc3c2)c2cn[nH]c12. The number of benzene rings is 2. The van der Waals surface area contributed by atoms with Crippen molar-refractivity contribution in [3.63, 3.8) is 0 Å². The zero-order valence-corrected chi connectivity index (χ0v) is 18.4. The summed E-state index contributed by atoms with van der Waals surface area (Å²) in [6.45, 7) is 1.33. The summed E-state index contributed by atoms with van der Waals surface area (Å²) >= 11 is 7.67. The highest BCUT2D eigenvalue weighted by Gasteiger charge is 2.43. The number of anilines is 2. The first kappa shape index (κ1) is 20.8. The fraction of sp³-hybridized carbons (Fsp3) is 0.238. The summed E-state index contributed by atoms with van der Waals surface area (Å²) in [4.78, 5) is 29.4. The second-order valence-corrected chi connectivity index (χ2v) is 9.05. The van der Waals surface area contributed by atoms with Gasteiger partial charge in [-0.15, -0.1) is 0 Å². The summed E-state index contributed by atoms with van der Waals surface area (Å²) in [7, 11) is 1.46. The Labute approximate surface area is 189 Å². The van der Waals surface area contributed by atoms with Crippen LogP contribution in [0.25, 0.3) is 32.2 Å². The van der Waals surface area contributed by atoms with Crippen LogP contribution >= 0.6 is 22.9 Å². The van der Waals surface area contributed by atoms with E-state index in [4.69, 9.17) is 11.6 Å². The molecule has 164 valence electrons. The average Bonchev–Trinajstić information content (AvgIpc) is 3.11. The topological polar surface area (TPSA) is 91.0 Å². The highest BCUT2D eigenvalue weighted by Crippen LogP contribution is 2.43. The third-order valence-corrected chi connectivity index (χ3v) is 6.82. The lowest BCUT2D eigenvalue weighted by Gasteiger charge is -2.19. The Morgan fingerprint density at radius 3 is 2.81 bits per heavy atom. The van der Waals surface area contributed by atoms with E-state index in [9.17, 15) is 14.0 Å². The van der Waals surface area contributed by atoms with Crippen molar-refractivity contribution in [1.29, 1.82) is 0 Å². The first-order chi connectivity index (χ1) is 15.3. The number of H-pyrrole nitrogens is 1. The van der Waals surface area contributed by atoms with Gasteiger partial charge in [0, 0.05) is 24.9 Å². The first-order valence-electron chi connectivity index (χ1n) is 9.70. The lowest BCUT2D eigenvalue weighted by molar-refractivity contribution is -0.118. The van der Waals surface area contributed by atoms with Crippen LogP contribution in [0.4, 0.5) is 19.6 Å². The second-order valence-electron chi connectivity index (χ2n) is 7.64. The summed E-state index contributed by atoms with van der Waals surface area (Å²) in [5.41, 5.74) is 2.05. The molecule has 5 rings (SSSR count). The van der Waals surface area contributed by atoms with E-state index >= 15 is 4.39 Å². The van der Waals surface area contributed by atoms with E-state index < -0.39 is 17.9 Å². The number of nitrogens with zero attached hydrogens (tertiary/aromatic N) is 3. The second kappa shape index (κ2) is 7.49. The van der Waals surface area contributed by atoms with Gasteiger partial charge in [0.2, 0.25) is 11.8 Å². The Hall–Kier alpha value is -3.11. The molecule has 0 radical (unpaired) electrons. The van der Waals surface area contributed by atoms with Crippen molar-refractivity contribution in [1.82, 2.24) is 15.2 Å². The van der Waals surface area contributed by atoms with Crippen LogP contribution in [-0.4, -0.2) is 40.2 Å². The van der Waals surface area contributed by atoms with Crippen molar-refractivity contribution < 1.29 is 18.4 Å². The summed E-state index contributed by atoms with van der Waals surface area (Å²) in [6.07, 6.45) is 0.676. The maximum Gasteiger partial charge on any atom is 0.232 e. The van der Waals surface area contributed by atoms with Gasteiger partial charge in [-0.3, -0.25) is 14.7 Å². The molecule has 2 atom stereocenters. The van der Waals surface area contributed by atoms with Crippen molar-refractivity contribution in [2.45, 2.75) is 19.5 Å². The van der Waals surface area contributed by atoms with Crippen LogP contribution in [0.3, 0.4) is 0 Å². The molecule has 1 saturated carbocycles. The van der Waals surface area contributed by atoms with E-state index in [0.717, 1.165) is 4.70 Å². The molecule has 0 saturated heterocycles. The van der Waals surface area contributed by atoms with Crippen LogP contribution in [0.5, 0.6) is 0 Å². The normalized spacial score (nSPS) is 17.7. The van der Waals surface area contributed by atoms with Crippen LogP contribution < -0.4 is 10.2 Å². The molecule has 32 heavy (non-hydrogen) atoms. The van der Waals surface area contributed by atoms with Gasteiger partial charge in [-0.2, -0.15) is 5.10 Å². The molecule has 2 N–H and O–H groups in total. The maximum atomic E-state index is 15.3. The highest BCUT2D eigenvalue weighted by molar-refractivity contribution is 7.22. The van der Waals surface area contributed by atoms with Crippen molar-refractivity contribution >= 4 is 66.7 Å². The molecule has 1 aliphatic rings. The van der Waals surface area contributed by atoms with Crippen molar-refractivity contribution in [3.8, 4) is 11.1 Å². The summed E-state index contributed by atoms with van der Waals surface area (Å²) < 4.78 is 29.1. The summed E-state index contributed by atoms with van der Waals surface area (Å²) in [5, 5.41) is 10.2. The monoisotopic (exact) mass is 475 g/mol. The highest BCUT2D eigenvalue weighted by atomic mass is 35.5. The molecule has 7 nitrogen and oxygen atoms in total. The number of carbonyl (C=O) groups is 2. The number of amides is 2. The molecule has 2 amide bonds. The number of fused-ring (bicyclic) bond motifs is 2. The number of carbonyl (C=O) groups excluding carboxylic acids is 2. The molecule has 4 aromatic rings. The van der Waals surface area contributed by atoms with Gasteiger partial charge in [0.1, 0.15) is 11.9 Å². The summed E-state index contributed by atoms with van der Waals surface area (Å²) in [5.74, 6) is -2.08. The average molecular weight is 476 g/mol. The Morgan fingerprint density at radius 1 is 1.38 bits per heavy atom. The number of aromatic amines is 1. The smallest absolute Gasteiger partial charge is 0.232 e. The fourth-order valence-electron chi connectivity index (χ4n) is 3.62. The zero-order valence-electron chi connectivity index (χ0n) is 16.9. The van der Waals surface area contributed by atoms with Crippen molar-refractivity contribution in [2.75, 3.05) is 17.3 Å². The predicted octanol–water partition coefficient (Wildman–Crippen LogP) is 4.91. The van der Waals surface area contributed by atoms with Gasteiger partial charge in [-0.1, -0.05) is 29.0 Å². The molecule has 0 unspecified atom stereocenters. The fourth-order valence-corrected chi connectivity index (χ4v) is 4.83. The third kappa shape index (κ3) is 3.30. The van der Waals surface area contributed by atoms with Gasteiger partial charge < -0.3 is 10.2 Å². The van der Waals surface area contributed by atoms with Crippen LogP contribution in [0.1, 0.15) is 13.3 Å². The molecule has 11 heteroatoms. The van der Waals surface area contributed by atoms with Crippen molar-refractivity contribution in [2.24, 2.45) is 5.92 Å². The number of hydrogen-bond donors (Lipinski definition) is 2. The number of rotatable bonds is 4. The van der Waals surface area contributed by atoms with Crippen LogP contribution in [0.2, 0.25) is 5.02 Å². The van der Waals surface area contributed by atoms with Gasteiger partial charge in [-0.25, -0.2) is 13.8 Å². The van der Waals surface area contributed by atoms with Crippen LogP contribution in [-0.2, 0) is 9.59 Å². The number of halogens is 3. The minimum atomic E-state index is -1.09.